The van der Waals surface area contributed by atoms with Gasteiger partial charge in [-0.1, -0.05) is 24.3 Å². The molecule has 0 aliphatic rings. The second-order valence-electron chi connectivity index (χ2n) is 13.2. The number of carbonyl (C=O) groups excluding carboxylic acids is 2. The van der Waals surface area contributed by atoms with E-state index in [0.717, 1.165) is 20.9 Å². The van der Waals surface area contributed by atoms with Crippen molar-refractivity contribution in [1.29, 1.82) is 0 Å². The monoisotopic (exact) mass is 728 g/mol. The average molecular weight is 729 g/mol. The molecule has 51 heavy (non-hydrogen) atoms. The van der Waals surface area contributed by atoms with Gasteiger partial charge < -0.3 is 29.9 Å². The lowest BCUT2D eigenvalue weighted by Crippen LogP contribution is -2.42. The quantitative estimate of drug-likeness (QED) is 0.0766. The molecule has 0 fully saturated rings. The Labute approximate surface area is 297 Å². The van der Waals surface area contributed by atoms with Crippen LogP contribution in [-0.2, 0) is 35.1 Å². The van der Waals surface area contributed by atoms with E-state index in [0.29, 0.717) is 12.0 Å². The van der Waals surface area contributed by atoms with Gasteiger partial charge in [0.15, 0.2) is 5.78 Å². The van der Waals surface area contributed by atoms with Gasteiger partial charge >= 0.3 is 30.0 Å². The van der Waals surface area contributed by atoms with Crippen LogP contribution in [0.5, 0.6) is 0 Å². The van der Waals surface area contributed by atoms with Crippen LogP contribution in [0.25, 0.3) is 10.4 Å². The third-order valence-corrected chi connectivity index (χ3v) is 9.30. The number of hydrogen-bond acceptors (Lipinski definition) is 9. The third-order valence-electron chi connectivity index (χ3n) is 8.16. The predicted octanol–water partition coefficient (Wildman–Crippen LogP) is 7.09. The topological polar surface area (TPSA) is 202 Å². The van der Waals surface area contributed by atoms with E-state index in [-0.39, 0.29) is 11.4 Å². The van der Waals surface area contributed by atoms with Crippen molar-refractivity contribution in [2.45, 2.75) is 77.9 Å². The second kappa shape index (κ2) is 17.7. The zero-order valence-electron chi connectivity index (χ0n) is 28.6. The summed E-state index contributed by atoms with van der Waals surface area (Å²) in [4.78, 5) is 76.9. The van der Waals surface area contributed by atoms with Gasteiger partial charge in [0.2, 0.25) is 0 Å². The molecule has 3 rings (SSSR count). The van der Waals surface area contributed by atoms with Gasteiger partial charge in [0.1, 0.15) is 17.5 Å². The van der Waals surface area contributed by atoms with E-state index in [4.69, 9.17) is 9.47 Å². The first-order valence-corrected chi connectivity index (χ1v) is 16.9. The Kier molecular flexibility index (Phi) is 14.0. The van der Waals surface area contributed by atoms with E-state index < -0.39 is 97.4 Å². The molecule has 14 heteroatoms. The molecule has 1 aromatic heterocycles. The number of carboxylic acid groups (broad SMARTS) is 4. The first-order chi connectivity index (χ1) is 23.8. The Morgan fingerprint density at radius 2 is 1.39 bits per heavy atom. The molecule has 0 amide bonds. The Hall–Kier alpha value is -5.11. The summed E-state index contributed by atoms with van der Waals surface area (Å²) >= 11 is 1.46. The van der Waals surface area contributed by atoms with E-state index in [1.807, 2.05) is 19.1 Å². The van der Waals surface area contributed by atoms with Crippen molar-refractivity contribution in [2.75, 3.05) is 0 Å². The van der Waals surface area contributed by atoms with Crippen molar-refractivity contribution in [3.05, 3.63) is 82.0 Å². The molecule has 12 nitrogen and oxygen atoms in total. The summed E-state index contributed by atoms with van der Waals surface area (Å²) < 4.78 is 24.0. The Morgan fingerprint density at radius 1 is 0.784 bits per heavy atom. The Bertz CT molecular complexity index is 1740. The molecule has 0 saturated carbocycles. The van der Waals surface area contributed by atoms with Crippen LogP contribution in [0, 0.1) is 30.5 Å². The fourth-order valence-electron chi connectivity index (χ4n) is 5.86. The van der Waals surface area contributed by atoms with Gasteiger partial charge in [-0.05, 0) is 87.1 Å². The molecule has 4 atom stereocenters. The van der Waals surface area contributed by atoms with E-state index in [1.54, 1.807) is 24.3 Å². The maximum Gasteiger partial charge on any atom is 0.509 e. The molecule has 0 aliphatic heterocycles. The standard InChI is InChI=1S/C37H41FO12S/c1-20-5-6-22(15-23(20)16-25-11-13-30(51-25)21-7-9-24(38)10-8-21)35(47)28(19-34(45)46)26(17-32(41)42)27(18-33(43)44)29(12-14-31(39)40)49-36(48)50-37(2,3)4/h5-11,13,15,26-29H,12,14,16-19H2,1-4H3,(H,39,40)(H,41,42)(H,43,44)(H,45,46)/t26-,27+,28+,29+/m0/s1. The van der Waals surface area contributed by atoms with E-state index in [2.05, 4.69) is 0 Å². The molecular formula is C37H41FO12S. The van der Waals surface area contributed by atoms with Crippen LogP contribution in [0.1, 0.15) is 79.2 Å². The summed E-state index contributed by atoms with van der Waals surface area (Å²) in [5.41, 5.74) is 1.34. The molecule has 2 aromatic carbocycles. The lowest BCUT2D eigenvalue weighted by atomic mass is 9.70. The lowest BCUT2D eigenvalue weighted by Gasteiger charge is -2.36. The van der Waals surface area contributed by atoms with Crippen LogP contribution >= 0.6 is 11.3 Å². The zero-order chi connectivity index (χ0) is 38.0. The molecule has 0 bridgehead atoms. The third kappa shape index (κ3) is 12.6. The molecule has 0 unspecified atom stereocenters. The summed E-state index contributed by atoms with van der Waals surface area (Å²) in [7, 11) is 0. The molecule has 274 valence electrons. The molecular weight excluding hydrogens is 687 g/mol. The van der Waals surface area contributed by atoms with Gasteiger partial charge in [0, 0.05) is 46.4 Å². The Balaban J connectivity index is 2.06. The number of ketones is 1. The van der Waals surface area contributed by atoms with Crippen LogP contribution in [0.4, 0.5) is 9.18 Å². The highest BCUT2D eigenvalue weighted by Crippen LogP contribution is 2.38. The van der Waals surface area contributed by atoms with Crippen LogP contribution in [0.15, 0.2) is 54.6 Å². The van der Waals surface area contributed by atoms with Gasteiger partial charge in [-0.3, -0.25) is 24.0 Å². The summed E-state index contributed by atoms with van der Waals surface area (Å²) in [5.74, 6) is -11.5. The van der Waals surface area contributed by atoms with Gasteiger partial charge in [-0.25, -0.2) is 9.18 Å². The van der Waals surface area contributed by atoms with Crippen LogP contribution < -0.4 is 0 Å². The smallest absolute Gasteiger partial charge is 0.481 e. The minimum Gasteiger partial charge on any atom is -0.481 e. The molecule has 0 radical (unpaired) electrons. The highest BCUT2D eigenvalue weighted by Gasteiger charge is 2.43. The molecule has 4 N–H and O–H groups in total. The second-order valence-corrected chi connectivity index (χ2v) is 14.4. The summed E-state index contributed by atoms with van der Waals surface area (Å²) in [6.07, 6.45) is -6.19. The fourth-order valence-corrected chi connectivity index (χ4v) is 6.90. The maximum absolute atomic E-state index is 14.3. The lowest BCUT2D eigenvalue weighted by molar-refractivity contribution is -0.146. The summed E-state index contributed by atoms with van der Waals surface area (Å²) in [5, 5.41) is 39.1. The average Bonchev–Trinajstić information content (AvgIpc) is 3.48. The van der Waals surface area contributed by atoms with E-state index in [9.17, 15) is 53.6 Å². The van der Waals surface area contributed by atoms with E-state index in [1.165, 1.54) is 50.3 Å². The number of carbonyl (C=O) groups is 6. The molecule has 0 aliphatic carbocycles. The van der Waals surface area contributed by atoms with Crippen molar-refractivity contribution in [2.24, 2.45) is 17.8 Å². The van der Waals surface area contributed by atoms with Gasteiger partial charge in [0.05, 0.1) is 12.8 Å². The van der Waals surface area contributed by atoms with Crippen molar-refractivity contribution >= 4 is 47.2 Å². The minimum absolute atomic E-state index is 0.0526. The van der Waals surface area contributed by atoms with Gasteiger partial charge in [-0.2, -0.15) is 0 Å². The summed E-state index contributed by atoms with van der Waals surface area (Å²) in [6, 6.07) is 14.5. The van der Waals surface area contributed by atoms with Gasteiger partial charge in [0.25, 0.3) is 0 Å². The number of aryl methyl sites for hydroxylation is 1. The number of halogens is 1. The fraction of sp³-hybridized carbons (Fsp3) is 0.405. The number of benzene rings is 2. The Morgan fingerprint density at radius 3 is 1.96 bits per heavy atom. The number of thiophene rings is 1. The van der Waals surface area contributed by atoms with Crippen LogP contribution in [-0.4, -0.2) is 67.9 Å². The molecule has 0 spiro atoms. The van der Waals surface area contributed by atoms with Crippen LogP contribution in [0.3, 0.4) is 0 Å². The van der Waals surface area contributed by atoms with Crippen molar-refractivity contribution in [3.63, 3.8) is 0 Å². The molecule has 0 saturated heterocycles. The van der Waals surface area contributed by atoms with Crippen molar-refractivity contribution in [3.8, 4) is 10.4 Å². The molecule has 3 aromatic rings. The number of carboxylic acids is 4. The zero-order valence-corrected chi connectivity index (χ0v) is 29.4. The SMILES string of the molecule is Cc1ccc(C(=O)[C@H](CC(=O)O)[C@@H](CC(=O)O)[C@@H](CC(=O)O)[C@@H](CCC(=O)O)OC(=O)OC(C)(C)C)cc1Cc1ccc(-c2ccc(F)cc2)s1. The maximum atomic E-state index is 14.3. The number of Topliss-reactive ketones (excluding diaryl/α,β-unsaturated/α-hetero) is 1. The minimum atomic E-state index is -1.61. The predicted molar refractivity (Wildman–Crippen MR) is 183 cm³/mol. The first kappa shape index (κ1) is 40.3. The highest BCUT2D eigenvalue weighted by atomic mass is 32.1. The highest BCUT2D eigenvalue weighted by molar-refractivity contribution is 7.15. The first-order valence-electron chi connectivity index (χ1n) is 16.1. The number of hydrogen-bond donors (Lipinski definition) is 4. The van der Waals surface area contributed by atoms with Gasteiger partial charge in [-0.15, -0.1) is 11.3 Å². The number of rotatable bonds is 18. The number of aliphatic carboxylic acids is 4. The van der Waals surface area contributed by atoms with Crippen molar-refractivity contribution in [1.82, 2.24) is 0 Å². The number of ether oxygens (including phenoxy) is 2. The van der Waals surface area contributed by atoms with Crippen LogP contribution in [0.2, 0.25) is 0 Å². The molecule has 1 heterocycles. The summed E-state index contributed by atoms with van der Waals surface area (Å²) in [6.45, 7) is 6.42. The van der Waals surface area contributed by atoms with E-state index >= 15 is 0 Å². The van der Waals surface area contributed by atoms with Crippen molar-refractivity contribution < 1.29 is 63.1 Å². The normalized spacial score (nSPS) is 13.7. The largest absolute Gasteiger partial charge is 0.509 e.